The summed E-state index contributed by atoms with van der Waals surface area (Å²) in [6, 6.07) is 45.0. The van der Waals surface area contributed by atoms with Gasteiger partial charge in [0.25, 0.3) is 0 Å². The van der Waals surface area contributed by atoms with Crippen molar-refractivity contribution in [3.63, 3.8) is 0 Å². The van der Waals surface area contributed by atoms with Crippen LogP contribution in [0.1, 0.15) is 190 Å². The Balaban J connectivity index is 0.000000146. The molecular formula is C100H100N8O4+4. The Labute approximate surface area is 681 Å². The monoisotopic (exact) mass is 1490 g/mol. The number of pyridine rings is 4. The van der Waals surface area contributed by atoms with E-state index in [-0.39, 0.29) is 0 Å². The SMILES string of the molecule is [2H]C([2H])([2H])C([2H])(C)c1cc(C)[n+](C)c(-c2c(C)cc(C)c3c2oc2cc([N+]#[C-])ccc23)c1.[2H]C([2H])([2H])C([2H])(C)c1cc(C)[n+](C)c(-c2c(C)ccc3c2oc2c(C)c([N+]#[C-])ccc23)c1.[2H]C([2H])([2H])C([2H])(C)c1cc(C)[n+](C)c(-c2c(C)ccc3c2oc2cc([N+]#[C-])c(C)cc23)c1.[2H]C([2H])([2H])C([2H])(C)c1cc(C)[n+](C)c(-c2c(C)ccc3c2oc2cc([N+]#[C-])cc(C)c23)c1. The van der Waals surface area contributed by atoms with E-state index >= 15 is 0 Å². The lowest BCUT2D eigenvalue weighted by Crippen LogP contribution is -2.35. The van der Waals surface area contributed by atoms with Crippen molar-refractivity contribution in [2.75, 3.05) is 0 Å². The second-order valence-corrected chi connectivity index (χ2v) is 29.7. The zero-order chi connectivity index (χ0) is 94.3. The Hall–Kier alpha value is -12.5. The van der Waals surface area contributed by atoms with Gasteiger partial charge < -0.3 is 17.7 Å². The van der Waals surface area contributed by atoms with Crippen LogP contribution in [-0.2, 0) is 28.2 Å². The van der Waals surface area contributed by atoms with Crippen molar-refractivity contribution >= 4 is 111 Å². The van der Waals surface area contributed by atoms with Gasteiger partial charge in [-0.05, 0) is 164 Å². The molecule has 0 N–H and O–H groups in total. The number of nitrogens with zero attached hydrogens (tertiary/aromatic N) is 8. The molecule has 4 unspecified atom stereocenters. The molecule has 8 heterocycles. The van der Waals surface area contributed by atoms with E-state index in [0.29, 0.717) is 89.7 Å². The first-order chi connectivity index (χ1) is 59.5. The highest BCUT2D eigenvalue weighted by molar-refractivity contribution is 6.15. The molecule has 560 valence electrons. The van der Waals surface area contributed by atoms with E-state index in [4.69, 9.17) is 65.9 Å². The van der Waals surface area contributed by atoms with Crippen molar-refractivity contribution < 1.29 is 57.9 Å². The second-order valence-electron chi connectivity index (χ2n) is 29.7. The van der Waals surface area contributed by atoms with Crippen LogP contribution in [0.3, 0.4) is 0 Å². The van der Waals surface area contributed by atoms with E-state index in [1.54, 1.807) is 72.8 Å². The number of aromatic nitrogens is 4. The Morgan fingerprint density at radius 2 is 0.679 bits per heavy atom. The van der Waals surface area contributed by atoms with Crippen molar-refractivity contribution in [3.8, 4) is 45.0 Å². The normalized spacial score (nSPS) is 16.1. The molecule has 0 saturated carbocycles. The number of fused-ring (bicyclic) bond motifs is 12. The van der Waals surface area contributed by atoms with Crippen LogP contribution in [0, 0.1) is 109 Å². The minimum absolute atomic E-state index is 0.432. The average Bonchev–Trinajstić information content (AvgIpc) is 1.54. The summed E-state index contributed by atoms with van der Waals surface area (Å²) in [6.45, 7) is 48.7. The maximum atomic E-state index is 8.61. The summed E-state index contributed by atoms with van der Waals surface area (Å²) < 4.78 is 162. The number of benzene rings is 8. The van der Waals surface area contributed by atoms with E-state index in [1.165, 1.54) is 27.7 Å². The molecule has 0 amide bonds. The van der Waals surface area contributed by atoms with Gasteiger partial charge in [0.2, 0.25) is 22.8 Å². The summed E-state index contributed by atoms with van der Waals surface area (Å²) in [5.41, 5.74) is 26.9. The van der Waals surface area contributed by atoms with Crippen molar-refractivity contribution in [1.29, 1.82) is 0 Å². The summed E-state index contributed by atoms with van der Waals surface area (Å²) in [5.74, 6) is -7.01. The minimum atomic E-state index is -2.47. The molecule has 0 radical (unpaired) electrons. The van der Waals surface area contributed by atoms with Crippen molar-refractivity contribution in [2.24, 2.45) is 28.2 Å². The summed E-state index contributed by atoms with van der Waals surface area (Å²) in [4.78, 5) is 14.2. The van der Waals surface area contributed by atoms with Gasteiger partial charge in [0, 0.05) is 141 Å². The van der Waals surface area contributed by atoms with Crippen LogP contribution < -0.4 is 18.3 Å². The van der Waals surface area contributed by atoms with Gasteiger partial charge in [-0.15, -0.1) is 0 Å². The lowest BCUT2D eigenvalue weighted by molar-refractivity contribution is -0.666. The van der Waals surface area contributed by atoms with Gasteiger partial charge in [-0.25, -0.2) is 19.4 Å². The van der Waals surface area contributed by atoms with Crippen LogP contribution in [0.25, 0.3) is 152 Å². The molecule has 0 aliphatic carbocycles. The van der Waals surface area contributed by atoms with E-state index in [2.05, 4.69) is 25.4 Å². The fraction of sp³-hybridized carbons (Fsp3) is 0.280. The maximum absolute atomic E-state index is 8.61. The Morgan fingerprint density at radius 1 is 0.304 bits per heavy atom. The standard InChI is InChI=1S/4C25H25N2O/c1-14(2)18-11-17(5)27(7)21(12-18)24-16(4)10-15(3)23-20-9-8-19(26-6)13-22(20)28-25(23)24;1-14(2)18-11-17(5)27(7)21(12-18)24-15(3)8-9-20-23-16(4)10-19(26-6)13-22(23)28-25(20)24;1-14(2)18-11-17(5)27(7)22(12-18)24-15(3)8-9-19-20-10-16(4)21(26-6)13-23(20)28-25(19)24;1-14(2)18-12-16(4)27(7)22(13-18)23-15(3)8-9-20-19-10-11-21(26-6)17(5)24(19)28-25(20)23/h4*8-14H,1-5,7H3/q4*+1/i4*1D3,14D. The predicted molar refractivity (Wildman–Crippen MR) is 460 cm³/mol. The molecule has 0 aliphatic heterocycles. The highest BCUT2D eigenvalue weighted by Crippen LogP contribution is 2.46. The quantitative estimate of drug-likeness (QED) is 0.112. The zero-order valence-corrected chi connectivity index (χ0v) is 67.1. The molecular weight excluding hydrogens is 1380 g/mol. The molecule has 8 aromatic carbocycles. The first kappa shape index (κ1) is 59.4. The first-order valence-electron chi connectivity index (χ1n) is 44.9. The van der Waals surface area contributed by atoms with Crippen LogP contribution in [0.4, 0.5) is 22.7 Å². The van der Waals surface area contributed by atoms with Gasteiger partial charge in [0.1, 0.15) is 72.9 Å². The Morgan fingerprint density at radius 3 is 1.14 bits per heavy atom. The molecule has 0 fully saturated rings. The van der Waals surface area contributed by atoms with Gasteiger partial charge in [-0.3, -0.25) is 0 Å². The van der Waals surface area contributed by atoms with Gasteiger partial charge in [0.05, 0.1) is 48.5 Å². The number of rotatable bonds is 8. The fourth-order valence-corrected chi connectivity index (χ4v) is 15.4. The highest BCUT2D eigenvalue weighted by Gasteiger charge is 2.30. The molecule has 12 heteroatoms. The molecule has 16 aromatic rings. The van der Waals surface area contributed by atoms with E-state index in [1.807, 2.05) is 196 Å². The molecule has 4 atom stereocenters. The Bertz CT molecular complexity index is 7410. The minimum Gasteiger partial charge on any atom is -0.456 e. The number of hydrogen-bond donors (Lipinski definition) is 0. The average molecular weight is 1490 g/mol. The van der Waals surface area contributed by atoms with Crippen molar-refractivity contribution in [2.45, 2.75) is 162 Å². The number of aryl methyl sites for hydroxylation is 12. The summed E-state index contributed by atoms with van der Waals surface area (Å²) in [6.07, 6.45) is 0. The molecule has 8 aromatic heterocycles. The molecule has 112 heavy (non-hydrogen) atoms. The third-order valence-electron chi connectivity index (χ3n) is 22.1. The largest absolute Gasteiger partial charge is 0.456 e. The van der Waals surface area contributed by atoms with Gasteiger partial charge in [0.15, 0.2) is 45.5 Å². The van der Waals surface area contributed by atoms with Gasteiger partial charge in [-0.2, -0.15) is 18.3 Å². The third kappa shape index (κ3) is 13.8. The van der Waals surface area contributed by atoms with Crippen molar-refractivity contribution in [3.05, 3.63) is 281 Å². The highest BCUT2D eigenvalue weighted by atomic mass is 16.3. The molecule has 12 nitrogen and oxygen atoms in total. The van der Waals surface area contributed by atoms with Crippen LogP contribution in [0.2, 0.25) is 0 Å². The topological polar surface area (TPSA) is 85.5 Å². The lowest BCUT2D eigenvalue weighted by atomic mass is 9.94. The molecule has 0 bridgehead atoms. The summed E-state index contributed by atoms with van der Waals surface area (Å²) in [7, 11) is 7.70. The smallest absolute Gasteiger partial charge is 0.216 e. The van der Waals surface area contributed by atoms with Crippen LogP contribution >= 0.6 is 0 Å². The fourth-order valence-electron chi connectivity index (χ4n) is 15.4. The lowest BCUT2D eigenvalue weighted by Gasteiger charge is -2.12. The first-order valence-corrected chi connectivity index (χ1v) is 36.9. The second kappa shape index (κ2) is 30.4. The van der Waals surface area contributed by atoms with E-state index < -0.39 is 51.0 Å². The summed E-state index contributed by atoms with van der Waals surface area (Å²) in [5, 5.41) is 7.59. The van der Waals surface area contributed by atoms with Gasteiger partial charge >= 0.3 is 0 Å². The van der Waals surface area contributed by atoms with Crippen LogP contribution in [-0.4, -0.2) is 0 Å². The van der Waals surface area contributed by atoms with Crippen molar-refractivity contribution in [1.82, 2.24) is 0 Å². The summed E-state index contributed by atoms with van der Waals surface area (Å²) >= 11 is 0. The third-order valence-corrected chi connectivity index (χ3v) is 22.1. The van der Waals surface area contributed by atoms with Crippen LogP contribution in [0.15, 0.2) is 163 Å². The predicted octanol–water partition coefficient (Wildman–Crippen LogP) is 26.7. The Kier molecular flexibility index (Phi) is 16.1. The van der Waals surface area contributed by atoms with Crippen LogP contribution in [0.5, 0.6) is 0 Å². The van der Waals surface area contributed by atoms with Gasteiger partial charge in [-0.1, -0.05) is 134 Å². The molecule has 16 rings (SSSR count). The molecule has 0 aliphatic rings. The van der Waals surface area contributed by atoms with E-state index in [0.717, 1.165) is 155 Å². The number of furan rings is 4. The molecule has 0 saturated heterocycles. The van der Waals surface area contributed by atoms with E-state index in [9.17, 15) is 0 Å². The number of hydrogen-bond acceptors (Lipinski definition) is 4. The maximum Gasteiger partial charge on any atom is 0.216 e. The zero-order valence-electron chi connectivity index (χ0n) is 83.1. The molecule has 0 spiro atoms.